The third-order valence-electron chi connectivity index (χ3n) is 1.03. The van der Waals surface area contributed by atoms with Gasteiger partial charge in [0.2, 0.25) is 0 Å². The molecule has 0 saturated heterocycles. The number of ether oxygens (including phenoxy) is 1. The molecule has 72 valence electrons. The van der Waals surface area contributed by atoms with Gasteiger partial charge in [0.25, 0.3) is 0 Å². The van der Waals surface area contributed by atoms with Crippen molar-refractivity contribution in [1.82, 2.24) is 5.39 Å². The van der Waals surface area contributed by atoms with Crippen LogP contribution in [0.4, 0.5) is 0 Å². The van der Waals surface area contributed by atoms with Gasteiger partial charge in [0.1, 0.15) is 0 Å². The van der Waals surface area contributed by atoms with Crippen molar-refractivity contribution in [2.45, 2.75) is 26.4 Å². The van der Waals surface area contributed by atoms with Gasteiger partial charge in [0, 0.05) is 0 Å². The van der Waals surface area contributed by atoms with Gasteiger partial charge in [0.05, 0.1) is 19.1 Å². The molecule has 0 radical (unpaired) electrons. The fourth-order valence-corrected chi connectivity index (χ4v) is 0.646. The van der Waals surface area contributed by atoms with Crippen molar-refractivity contribution in [3.05, 3.63) is 5.21 Å². The average Bonchev–Trinajstić information content (AvgIpc) is 1.84. The summed E-state index contributed by atoms with van der Waals surface area (Å²) in [6.45, 7) is 3.43. The minimum absolute atomic E-state index is 0.0624. The number of esters is 1. The Labute approximate surface area is 70.2 Å². The Balaban J connectivity index is 3.54. The molecule has 12 heavy (non-hydrogen) atoms. The van der Waals surface area contributed by atoms with E-state index in [4.69, 9.17) is 5.21 Å². The zero-order chi connectivity index (χ0) is 9.56. The fourth-order valence-electron chi connectivity index (χ4n) is 0.646. The smallest absolute Gasteiger partial charge is 0.308 e. The molecule has 6 nitrogen and oxygen atoms in total. The van der Waals surface area contributed by atoms with Crippen molar-refractivity contribution >= 4 is 5.97 Å². The first-order chi connectivity index (χ1) is 5.56. The molecule has 0 spiro atoms. The minimum Gasteiger partial charge on any atom is -0.738 e. The lowest BCUT2D eigenvalue weighted by molar-refractivity contribution is -0.325. The summed E-state index contributed by atoms with van der Waals surface area (Å²) in [6.07, 6.45) is -0.751. The average molecular weight is 178 g/mol. The Hall–Kier alpha value is -0.690. The lowest BCUT2D eigenvalue weighted by atomic mass is 10.3. The van der Waals surface area contributed by atoms with Gasteiger partial charge in [0.15, 0.2) is 0 Å². The standard InChI is InChI=1S/C6H12NO5/c1-3-11-6(8)4-5(2)12-7(9)10/h5,9H,3-4H2,1-2H3/q-1/t5-/m1/s1. The van der Waals surface area contributed by atoms with Crippen molar-refractivity contribution in [3.63, 3.8) is 0 Å². The van der Waals surface area contributed by atoms with E-state index in [9.17, 15) is 10.0 Å². The van der Waals surface area contributed by atoms with Crippen LogP contribution in [0.3, 0.4) is 0 Å². The molecule has 1 N–H and O–H groups in total. The van der Waals surface area contributed by atoms with Crippen LogP contribution in [-0.4, -0.2) is 29.3 Å². The SMILES string of the molecule is CCOC(=O)C[C@@H](C)ON([O-])O. The van der Waals surface area contributed by atoms with Crippen molar-refractivity contribution in [2.75, 3.05) is 6.61 Å². The molecule has 0 aromatic heterocycles. The number of carbonyl (C=O) groups is 1. The van der Waals surface area contributed by atoms with Gasteiger partial charge in [-0.05, 0) is 13.8 Å². The molecule has 0 bridgehead atoms. The van der Waals surface area contributed by atoms with Crippen LogP contribution in [0.5, 0.6) is 0 Å². The lowest BCUT2D eigenvalue weighted by Crippen LogP contribution is -2.23. The zero-order valence-electron chi connectivity index (χ0n) is 7.02. The summed E-state index contributed by atoms with van der Waals surface area (Å²) in [5.74, 6) is -0.466. The highest BCUT2D eigenvalue weighted by Gasteiger charge is 2.10. The van der Waals surface area contributed by atoms with E-state index in [1.165, 1.54) is 6.92 Å². The predicted octanol–water partition coefficient (Wildman–Crippen LogP) is 0.449. The molecule has 0 unspecified atom stereocenters. The molecular weight excluding hydrogens is 166 g/mol. The Morgan fingerprint density at radius 3 is 2.75 bits per heavy atom. The molecule has 0 saturated carbocycles. The van der Waals surface area contributed by atoms with Crippen molar-refractivity contribution < 1.29 is 19.6 Å². The second kappa shape index (κ2) is 5.90. The van der Waals surface area contributed by atoms with Gasteiger partial charge in [-0.3, -0.25) is 9.63 Å². The molecule has 1 atom stereocenters. The largest absolute Gasteiger partial charge is 0.738 e. The van der Waals surface area contributed by atoms with Gasteiger partial charge in [-0.25, -0.2) is 0 Å². The summed E-state index contributed by atoms with van der Waals surface area (Å²) in [5, 5.41) is 17.3. The monoisotopic (exact) mass is 178 g/mol. The molecule has 0 aliphatic carbocycles. The predicted molar refractivity (Wildman–Crippen MR) is 38.8 cm³/mol. The molecule has 0 amide bonds. The molecule has 6 heteroatoms. The Morgan fingerprint density at radius 2 is 2.33 bits per heavy atom. The van der Waals surface area contributed by atoms with E-state index < -0.39 is 17.5 Å². The Kier molecular flexibility index (Phi) is 5.56. The van der Waals surface area contributed by atoms with E-state index in [-0.39, 0.29) is 13.0 Å². The van der Waals surface area contributed by atoms with Crippen LogP contribution in [0.2, 0.25) is 0 Å². The van der Waals surface area contributed by atoms with Crippen LogP contribution in [0.15, 0.2) is 0 Å². The topological polar surface area (TPSA) is 82.1 Å². The maximum atomic E-state index is 10.7. The fraction of sp³-hybridized carbons (Fsp3) is 0.833. The maximum Gasteiger partial charge on any atom is 0.308 e. The number of rotatable bonds is 5. The summed E-state index contributed by atoms with van der Waals surface area (Å²) in [7, 11) is 0. The van der Waals surface area contributed by atoms with Gasteiger partial charge in [-0.1, -0.05) is 0 Å². The van der Waals surface area contributed by atoms with E-state index >= 15 is 0 Å². The van der Waals surface area contributed by atoms with Crippen molar-refractivity contribution in [3.8, 4) is 0 Å². The molecule has 0 rings (SSSR count). The number of nitrogens with zero attached hydrogens (tertiary/aromatic N) is 1. The van der Waals surface area contributed by atoms with Gasteiger partial charge >= 0.3 is 5.97 Å². The first-order valence-corrected chi connectivity index (χ1v) is 3.54. The van der Waals surface area contributed by atoms with Gasteiger partial charge in [-0.2, -0.15) is 0 Å². The molecule has 0 heterocycles. The summed E-state index contributed by atoms with van der Waals surface area (Å²) in [6, 6.07) is 0. The second-order valence-corrected chi connectivity index (χ2v) is 2.16. The Morgan fingerprint density at radius 1 is 1.75 bits per heavy atom. The van der Waals surface area contributed by atoms with Crippen LogP contribution in [0.25, 0.3) is 0 Å². The molecule has 0 aromatic rings. The van der Waals surface area contributed by atoms with Gasteiger partial charge < -0.3 is 15.2 Å². The molecule has 0 fully saturated rings. The van der Waals surface area contributed by atoms with E-state index in [2.05, 4.69) is 9.57 Å². The molecule has 0 aliphatic heterocycles. The van der Waals surface area contributed by atoms with Gasteiger partial charge in [-0.15, -0.1) is 5.39 Å². The number of hydrogen-bond donors (Lipinski definition) is 1. The zero-order valence-corrected chi connectivity index (χ0v) is 7.02. The maximum absolute atomic E-state index is 10.7. The Bertz CT molecular complexity index is 138. The summed E-state index contributed by atoms with van der Waals surface area (Å²) in [4.78, 5) is 14.9. The first kappa shape index (κ1) is 11.3. The van der Waals surface area contributed by atoms with E-state index in [1.807, 2.05) is 0 Å². The van der Waals surface area contributed by atoms with Crippen LogP contribution in [0.1, 0.15) is 20.3 Å². The lowest BCUT2D eigenvalue weighted by Gasteiger charge is -2.22. The van der Waals surface area contributed by atoms with E-state index in [0.29, 0.717) is 0 Å². The molecule has 0 aliphatic rings. The minimum atomic E-state index is -0.688. The van der Waals surface area contributed by atoms with Crippen molar-refractivity contribution in [2.24, 2.45) is 0 Å². The number of hydrogen-bond acceptors (Lipinski definition) is 6. The highest BCUT2D eigenvalue weighted by Crippen LogP contribution is 2.00. The van der Waals surface area contributed by atoms with E-state index in [0.717, 1.165) is 0 Å². The third kappa shape index (κ3) is 6.05. The van der Waals surface area contributed by atoms with Crippen LogP contribution < -0.4 is 0 Å². The normalized spacial score (nSPS) is 13.1. The van der Waals surface area contributed by atoms with Crippen molar-refractivity contribution in [1.29, 1.82) is 0 Å². The number of carbonyl (C=O) groups excluding carboxylic acids is 1. The quantitative estimate of drug-likeness (QED) is 0.486. The first-order valence-electron chi connectivity index (χ1n) is 3.54. The third-order valence-corrected chi connectivity index (χ3v) is 1.03. The van der Waals surface area contributed by atoms with E-state index in [1.54, 1.807) is 6.92 Å². The molecule has 0 aromatic carbocycles. The summed E-state index contributed by atoms with van der Waals surface area (Å²) >= 11 is 0. The highest BCUT2D eigenvalue weighted by molar-refractivity contribution is 5.69. The van der Waals surface area contributed by atoms with Crippen LogP contribution in [-0.2, 0) is 14.4 Å². The second-order valence-electron chi connectivity index (χ2n) is 2.16. The summed E-state index contributed by atoms with van der Waals surface area (Å²) in [5.41, 5.74) is 0. The highest BCUT2D eigenvalue weighted by atomic mass is 17.1. The van der Waals surface area contributed by atoms with Crippen LogP contribution in [0, 0.1) is 5.21 Å². The van der Waals surface area contributed by atoms with Crippen LogP contribution >= 0.6 is 0 Å². The summed E-state index contributed by atoms with van der Waals surface area (Å²) < 4.78 is 4.57. The molecular formula is C6H12NO5-.